The molecule has 0 radical (unpaired) electrons. The fourth-order valence-electron chi connectivity index (χ4n) is 2.25. The highest BCUT2D eigenvalue weighted by molar-refractivity contribution is 5.87. The van der Waals surface area contributed by atoms with E-state index in [1.807, 2.05) is 0 Å². The zero-order valence-electron chi connectivity index (χ0n) is 8.49. The highest BCUT2D eigenvalue weighted by atomic mass is 16.6. The molecule has 0 N–H and O–H groups in total. The van der Waals surface area contributed by atoms with E-state index in [0.717, 1.165) is 25.7 Å². The smallest absolute Gasteiger partial charge is 0.333 e. The van der Waals surface area contributed by atoms with Crippen LogP contribution in [0.3, 0.4) is 0 Å². The van der Waals surface area contributed by atoms with Gasteiger partial charge in [0.1, 0.15) is 0 Å². The molecule has 3 unspecified atom stereocenters. The van der Waals surface area contributed by atoms with Crippen molar-refractivity contribution < 1.29 is 14.3 Å². The Morgan fingerprint density at radius 2 is 2.29 bits per heavy atom. The molecule has 0 aromatic rings. The Morgan fingerprint density at radius 1 is 1.50 bits per heavy atom. The monoisotopic (exact) mass is 196 g/mol. The van der Waals surface area contributed by atoms with Gasteiger partial charge in [0.15, 0.2) is 0 Å². The Hall–Kier alpha value is -0.830. The number of methoxy groups -OCH3 is 1. The molecule has 3 atom stereocenters. The standard InChI is InChI=1S/C11H16O3/c1-7(11(12)13-2)5-8-3-4-9-10(6-8)14-9/h8-10H,1,3-6H2,2H3. The molecule has 3 nitrogen and oxygen atoms in total. The molecule has 2 fully saturated rings. The summed E-state index contributed by atoms with van der Waals surface area (Å²) in [4.78, 5) is 11.1. The Balaban J connectivity index is 1.79. The van der Waals surface area contributed by atoms with E-state index in [4.69, 9.17) is 4.74 Å². The van der Waals surface area contributed by atoms with Crippen LogP contribution in [-0.4, -0.2) is 25.3 Å². The fraction of sp³-hybridized carbons (Fsp3) is 0.727. The van der Waals surface area contributed by atoms with Gasteiger partial charge in [-0.2, -0.15) is 0 Å². The van der Waals surface area contributed by atoms with Gasteiger partial charge in [0, 0.05) is 5.57 Å². The van der Waals surface area contributed by atoms with Crippen molar-refractivity contribution in [3.63, 3.8) is 0 Å². The van der Waals surface area contributed by atoms with Crippen molar-refractivity contribution in [2.24, 2.45) is 5.92 Å². The largest absolute Gasteiger partial charge is 0.466 e. The van der Waals surface area contributed by atoms with Crippen LogP contribution in [0.4, 0.5) is 0 Å². The second-order valence-electron chi connectivity index (χ2n) is 4.19. The molecular weight excluding hydrogens is 180 g/mol. The van der Waals surface area contributed by atoms with E-state index in [1.165, 1.54) is 7.11 Å². The lowest BCUT2D eigenvalue weighted by Crippen LogP contribution is -2.16. The van der Waals surface area contributed by atoms with E-state index in [9.17, 15) is 4.79 Å². The van der Waals surface area contributed by atoms with Gasteiger partial charge in [-0.3, -0.25) is 0 Å². The Kier molecular flexibility index (Phi) is 2.59. The predicted octanol–water partition coefficient (Wildman–Crippen LogP) is 1.67. The zero-order valence-corrected chi connectivity index (χ0v) is 8.49. The van der Waals surface area contributed by atoms with E-state index in [0.29, 0.717) is 23.7 Å². The van der Waals surface area contributed by atoms with Crippen LogP contribution in [0.15, 0.2) is 12.2 Å². The molecule has 78 valence electrons. The number of epoxide rings is 1. The minimum absolute atomic E-state index is 0.274. The molecule has 1 heterocycles. The number of carbonyl (C=O) groups is 1. The third-order valence-corrected chi connectivity index (χ3v) is 3.12. The number of ether oxygens (including phenoxy) is 2. The van der Waals surface area contributed by atoms with E-state index in [1.54, 1.807) is 0 Å². The number of hydrogen-bond donors (Lipinski definition) is 0. The Bertz CT molecular complexity index is 259. The quantitative estimate of drug-likeness (QED) is 0.391. The lowest BCUT2D eigenvalue weighted by Gasteiger charge is -2.18. The fourth-order valence-corrected chi connectivity index (χ4v) is 2.25. The molecule has 1 saturated heterocycles. The SMILES string of the molecule is C=C(CC1CCC2OC2C1)C(=O)OC. The maximum Gasteiger partial charge on any atom is 0.333 e. The summed E-state index contributed by atoms with van der Waals surface area (Å²) in [5, 5.41) is 0. The summed E-state index contributed by atoms with van der Waals surface area (Å²) in [7, 11) is 1.40. The molecule has 0 aromatic heterocycles. The molecule has 0 amide bonds. The van der Waals surface area contributed by atoms with Crippen LogP contribution in [0.5, 0.6) is 0 Å². The van der Waals surface area contributed by atoms with Crippen molar-refractivity contribution in [3.05, 3.63) is 12.2 Å². The van der Waals surface area contributed by atoms with Crippen LogP contribution < -0.4 is 0 Å². The molecule has 2 rings (SSSR count). The van der Waals surface area contributed by atoms with Gasteiger partial charge >= 0.3 is 5.97 Å². The number of fused-ring (bicyclic) bond motifs is 1. The van der Waals surface area contributed by atoms with Gasteiger partial charge in [-0.1, -0.05) is 6.58 Å². The molecule has 1 saturated carbocycles. The third-order valence-electron chi connectivity index (χ3n) is 3.12. The van der Waals surface area contributed by atoms with Gasteiger partial charge in [-0.25, -0.2) is 4.79 Å². The Morgan fingerprint density at radius 3 is 2.93 bits per heavy atom. The topological polar surface area (TPSA) is 38.8 Å². The lowest BCUT2D eigenvalue weighted by molar-refractivity contribution is -0.136. The first-order valence-electron chi connectivity index (χ1n) is 5.12. The normalized spacial score (nSPS) is 34.5. The van der Waals surface area contributed by atoms with E-state index in [-0.39, 0.29) is 5.97 Å². The summed E-state index contributed by atoms with van der Waals surface area (Å²) in [5.41, 5.74) is 0.594. The summed E-state index contributed by atoms with van der Waals surface area (Å²) in [6, 6.07) is 0. The Labute approximate surface area is 84.1 Å². The summed E-state index contributed by atoms with van der Waals surface area (Å²) < 4.78 is 10.1. The zero-order chi connectivity index (χ0) is 10.1. The van der Waals surface area contributed by atoms with Gasteiger partial charge in [0.25, 0.3) is 0 Å². The number of rotatable bonds is 3. The van der Waals surface area contributed by atoms with Crippen molar-refractivity contribution >= 4 is 5.97 Å². The molecular formula is C11H16O3. The first kappa shape index (κ1) is 9.71. The van der Waals surface area contributed by atoms with E-state index >= 15 is 0 Å². The summed E-state index contributed by atoms with van der Waals surface area (Å²) in [6.45, 7) is 3.74. The van der Waals surface area contributed by atoms with Crippen molar-refractivity contribution in [2.75, 3.05) is 7.11 Å². The van der Waals surface area contributed by atoms with Crippen molar-refractivity contribution in [1.82, 2.24) is 0 Å². The minimum atomic E-state index is -0.274. The summed E-state index contributed by atoms with van der Waals surface area (Å²) in [5.74, 6) is 0.286. The van der Waals surface area contributed by atoms with Crippen molar-refractivity contribution in [3.8, 4) is 0 Å². The second-order valence-corrected chi connectivity index (χ2v) is 4.19. The number of esters is 1. The van der Waals surface area contributed by atoms with Gasteiger partial charge in [-0.05, 0) is 31.6 Å². The van der Waals surface area contributed by atoms with E-state index in [2.05, 4.69) is 11.3 Å². The van der Waals surface area contributed by atoms with Crippen LogP contribution in [0, 0.1) is 5.92 Å². The summed E-state index contributed by atoms with van der Waals surface area (Å²) in [6.07, 6.45) is 5.14. The van der Waals surface area contributed by atoms with Crippen LogP contribution in [0.25, 0.3) is 0 Å². The molecule has 2 aliphatic rings. The highest BCUT2D eigenvalue weighted by Gasteiger charge is 2.43. The van der Waals surface area contributed by atoms with Crippen molar-refractivity contribution in [2.45, 2.75) is 37.9 Å². The molecule has 0 spiro atoms. The highest BCUT2D eigenvalue weighted by Crippen LogP contribution is 2.41. The molecule has 14 heavy (non-hydrogen) atoms. The summed E-state index contributed by atoms with van der Waals surface area (Å²) >= 11 is 0. The number of hydrogen-bond acceptors (Lipinski definition) is 3. The molecule has 0 aromatic carbocycles. The van der Waals surface area contributed by atoms with E-state index < -0.39 is 0 Å². The molecule has 3 heteroatoms. The lowest BCUT2D eigenvalue weighted by atomic mass is 9.85. The molecule has 1 aliphatic carbocycles. The second kappa shape index (κ2) is 3.73. The first-order chi connectivity index (χ1) is 6.70. The molecule has 1 aliphatic heterocycles. The average molecular weight is 196 g/mol. The van der Waals surface area contributed by atoms with Crippen LogP contribution in [0.2, 0.25) is 0 Å². The van der Waals surface area contributed by atoms with Crippen LogP contribution >= 0.6 is 0 Å². The van der Waals surface area contributed by atoms with Crippen LogP contribution in [0.1, 0.15) is 25.7 Å². The first-order valence-corrected chi connectivity index (χ1v) is 5.12. The van der Waals surface area contributed by atoms with Gasteiger partial charge in [-0.15, -0.1) is 0 Å². The maximum absolute atomic E-state index is 11.1. The van der Waals surface area contributed by atoms with Gasteiger partial charge in [0.05, 0.1) is 19.3 Å². The average Bonchev–Trinajstić information content (AvgIpc) is 2.94. The number of carbonyl (C=O) groups excluding carboxylic acids is 1. The predicted molar refractivity (Wildman–Crippen MR) is 51.8 cm³/mol. The van der Waals surface area contributed by atoms with Crippen LogP contribution in [-0.2, 0) is 14.3 Å². The molecule has 0 bridgehead atoms. The van der Waals surface area contributed by atoms with Crippen molar-refractivity contribution in [1.29, 1.82) is 0 Å². The van der Waals surface area contributed by atoms with Gasteiger partial charge in [0.2, 0.25) is 0 Å². The minimum Gasteiger partial charge on any atom is -0.466 e. The maximum atomic E-state index is 11.1. The third kappa shape index (κ3) is 1.98. The van der Waals surface area contributed by atoms with Gasteiger partial charge < -0.3 is 9.47 Å².